The van der Waals surface area contributed by atoms with Gasteiger partial charge < -0.3 is 5.32 Å². The topological polar surface area (TPSA) is 12.0 Å². The summed E-state index contributed by atoms with van der Waals surface area (Å²) >= 11 is 9.59. The van der Waals surface area contributed by atoms with E-state index in [4.69, 9.17) is 11.6 Å². The molecule has 0 aromatic heterocycles. The summed E-state index contributed by atoms with van der Waals surface area (Å²) in [5, 5.41) is 4.35. The smallest absolute Gasteiger partial charge is 0.0593 e. The summed E-state index contributed by atoms with van der Waals surface area (Å²) in [4.78, 5) is 0. The maximum Gasteiger partial charge on any atom is 0.0593 e. The van der Waals surface area contributed by atoms with Crippen molar-refractivity contribution in [3.05, 3.63) is 27.7 Å². The zero-order valence-electron chi connectivity index (χ0n) is 9.47. The van der Waals surface area contributed by atoms with Crippen LogP contribution in [0.2, 0.25) is 5.02 Å². The first-order chi connectivity index (χ1) is 7.66. The zero-order valence-corrected chi connectivity index (χ0v) is 11.8. The molecule has 1 saturated carbocycles. The minimum Gasteiger partial charge on any atom is -0.381 e. The Kier molecular flexibility index (Phi) is 4.15. The fraction of sp³-hybridized carbons (Fsp3) is 0.538. The Hall–Kier alpha value is -0.210. The summed E-state index contributed by atoms with van der Waals surface area (Å²) in [6.45, 7) is 2.34. The Morgan fingerprint density at radius 3 is 2.62 bits per heavy atom. The lowest BCUT2D eigenvalue weighted by Crippen LogP contribution is -2.25. The van der Waals surface area contributed by atoms with Gasteiger partial charge in [-0.3, -0.25) is 0 Å². The molecule has 16 heavy (non-hydrogen) atoms. The van der Waals surface area contributed by atoms with Gasteiger partial charge in [-0.05, 0) is 59.7 Å². The molecule has 1 aromatic rings. The van der Waals surface area contributed by atoms with Crippen molar-refractivity contribution in [3.63, 3.8) is 0 Å². The largest absolute Gasteiger partial charge is 0.381 e. The van der Waals surface area contributed by atoms with Crippen molar-refractivity contribution in [1.82, 2.24) is 0 Å². The molecule has 0 heterocycles. The standard InChI is InChI=1S/C13H17BrClN/c1-9-5-7-10(8-6-9)16-12-4-2-3-11(15)13(12)14/h2-4,9-10,16H,5-8H2,1H3. The van der Waals surface area contributed by atoms with Crippen LogP contribution < -0.4 is 5.32 Å². The number of hydrogen-bond acceptors (Lipinski definition) is 1. The van der Waals surface area contributed by atoms with Gasteiger partial charge in [0.15, 0.2) is 0 Å². The number of benzene rings is 1. The summed E-state index contributed by atoms with van der Waals surface area (Å²) in [6.07, 6.45) is 5.19. The second-order valence-corrected chi connectivity index (χ2v) is 5.90. The summed E-state index contributed by atoms with van der Waals surface area (Å²) in [6, 6.07) is 6.57. The summed E-state index contributed by atoms with van der Waals surface area (Å²) in [5.41, 5.74) is 1.12. The van der Waals surface area contributed by atoms with Crippen LogP contribution in [-0.2, 0) is 0 Å². The number of halogens is 2. The van der Waals surface area contributed by atoms with Crippen molar-refractivity contribution in [2.24, 2.45) is 5.92 Å². The van der Waals surface area contributed by atoms with E-state index in [0.29, 0.717) is 6.04 Å². The third-order valence-electron chi connectivity index (χ3n) is 3.33. The molecular formula is C13H17BrClN. The highest BCUT2D eigenvalue weighted by Crippen LogP contribution is 2.33. The van der Waals surface area contributed by atoms with Crippen LogP contribution in [0.1, 0.15) is 32.6 Å². The van der Waals surface area contributed by atoms with Crippen LogP contribution in [-0.4, -0.2) is 6.04 Å². The third kappa shape index (κ3) is 2.92. The van der Waals surface area contributed by atoms with E-state index < -0.39 is 0 Å². The Bertz CT molecular complexity index is 359. The van der Waals surface area contributed by atoms with E-state index in [-0.39, 0.29) is 0 Å². The Labute approximate surface area is 111 Å². The third-order valence-corrected chi connectivity index (χ3v) is 4.72. The zero-order chi connectivity index (χ0) is 11.5. The van der Waals surface area contributed by atoms with Crippen molar-refractivity contribution in [1.29, 1.82) is 0 Å². The van der Waals surface area contributed by atoms with Crippen LogP contribution in [0, 0.1) is 5.92 Å². The molecule has 0 atom stereocenters. The normalized spacial score (nSPS) is 25.4. The van der Waals surface area contributed by atoms with Crippen molar-refractivity contribution < 1.29 is 0 Å². The van der Waals surface area contributed by atoms with E-state index in [0.717, 1.165) is 21.1 Å². The fourth-order valence-corrected chi connectivity index (χ4v) is 2.79. The minimum absolute atomic E-state index is 0.603. The second-order valence-electron chi connectivity index (χ2n) is 4.70. The van der Waals surface area contributed by atoms with E-state index in [1.807, 2.05) is 12.1 Å². The first-order valence-electron chi connectivity index (χ1n) is 5.87. The average Bonchev–Trinajstić information content (AvgIpc) is 2.28. The highest BCUT2D eigenvalue weighted by molar-refractivity contribution is 9.10. The molecule has 0 unspecified atom stereocenters. The first-order valence-corrected chi connectivity index (χ1v) is 7.04. The molecule has 1 aliphatic rings. The van der Waals surface area contributed by atoms with Crippen molar-refractivity contribution in [3.8, 4) is 0 Å². The minimum atomic E-state index is 0.603. The quantitative estimate of drug-likeness (QED) is 0.802. The van der Waals surface area contributed by atoms with Gasteiger partial charge in [0.05, 0.1) is 15.2 Å². The molecule has 1 nitrogen and oxygen atoms in total. The van der Waals surface area contributed by atoms with Crippen molar-refractivity contribution in [2.45, 2.75) is 38.6 Å². The van der Waals surface area contributed by atoms with Crippen LogP contribution in [0.4, 0.5) is 5.69 Å². The first kappa shape index (κ1) is 12.3. The molecule has 1 N–H and O–H groups in total. The Balaban J connectivity index is 2.01. The van der Waals surface area contributed by atoms with Crippen LogP contribution in [0.3, 0.4) is 0 Å². The van der Waals surface area contributed by atoms with E-state index in [2.05, 4.69) is 34.2 Å². The average molecular weight is 303 g/mol. The number of hydrogen-bond donors (Lipinski definition) is 1. The molecule has 0 spiro atoms. The molecule has 1 fully saturated rings. The Morgan fingerprint density at radius 1 is 1.25 bits per heavy atom. The summed E-state index contributed by atoms with van der Waals surface area (Å²) < 4.78 is 0.982. The second kappa shape index (κ2) is 5.42. The van der Waals surface area contributed by atoms with Crippen molar-refractivity contribution in [2.75, 3.05) is 5.32 Å². The molecule has 0 radical (unpaired) electrons. The van der Waals surface area contributed by atoms with Crippen LogP contribution in [0.15, 0.2) is 22.7 Å². The number of anilines is 1. The Morgan fingerprint density at radius 2 is 1.94 bits per heavy atom. The highest BCUT2D eigenvalue weighted by atomic mass is 79.9. The van der Waals surface area contributed by atoms with Gasteiger partial charge in [-0.15, -0.1) is 0 Å². The number of nitrogens with one attached hydrogen (secondary N) is 1. The molecule has 1 aliphatic carbocycles. The van der Waals surface area contributed by atoms with Gasteiger partial charge >= 0.3 is 0 Å². The highest BCUT2D eigenvalue weighted by Gasteiger charge is 2.18. The fourth-order valence-electron chi connectivity index (χ4n) is 2.24. The lowest BCUT2D eigenvalue weighted by Gasteiger charge is -2.28. The van der Waals surface area contributed by atoms with E-state index in [1.54, 1.807) is 0 Å². The predicted octanol–water partition coefficient (Wildman–Crippen LogP) is 5.09. The van der Waals surface area contributed by atoms with Crippen LogP contribution in [0.5, 0.6) is 0 Å². The lowest BCUT2D eigenvalue weighted by atomic mass is 9.87. The molecule has 1 aromatic carbocycles. The molecule has 0 saturated heterocycles. The van der Waals surface area contributed by atoms with Crippen LogP contribution >= 0.6 is 27.5 Å². The SMILES string of the molecule is CC1CCC(Nc2cccc(Cl)c2Br)CC1. The van der Waals surface area contributed by atoms with Crippen molar-refractivity contribution >= 4 is 33.2 Å². The maximum atomic E-state index is 6.07. The van der Waals surface area contributed by atoms with E-state index >= 15 is 0 Å². The van der Waals surface area contributed by atoms with Gasteiger partial charge in [0.2, 0.25) is 0 Å². The van der Waals surface area contributed by atoms with Gasteiger partial charge in [-0.1, -0.05) is 24.6 Å². The van der Waals surface area contributed by atoms with Gasteiger partial charge in [0, 0.05) is 6.04 Å². The molecule has 0 amide bonds. The van der Waals surface area contributed by atoms with Gasteiger partial charge in [-0.25, -0.2) is 0 Å². The van der Waals surface area contributed by atoms with E-state index in [9.17, 15) is 0 Å². The predicted molar refractivity (Wildman–Crippen MR) is 74.2 cm³/mol. The summed E-state index contributed by atoms with van der Waals surface area (Å²) in [5.74, 6) is 0.890. The van der Waals surface area contributed by atoms with Crippen LogP contribution in [0.25, 0.3) is 0 Å². The monoisotopic (exact) mass is 301 g/mol. The molecule has 0 bridgehead atoms. The van der Waals surface area contributed by atoms with Gasteiger partial charge in [-0.2, -0.15) is 0 Å². The number of rotatable bonds is 2. The molecule has 2 rings (SSSR count). The molecule has 0 aliphatic heterocycles. The molecular weight excluding hydrogens is 286 g/mol. The van der Waals surface area contributed by atoms with E-state index in [1.165, 1.54) is 25.7 Å². The van der Waals surface area contributed by atoms with Gasteiger partial charge in [0.1, 0.15) is 0 Å². The molecule has 88 valence electrons. The lowest BCUT2D eigenvalue weighted by molar-refractivity contribution is 0.361. The molecule has 3 heteroatoms. The van der Waals surface area contributed by atoms with Gasteiger partial charge in [0.25, 0.3) is 0 Å². The maximum absolute atomic E-state index is 6.07. The summed E-state index contributed by atoms with van der Waals surface area (Å²) in [7, 11) is 0.